The minimum absolute atomic E-state index is 0.0231. The van der Waals surface area contributed by atoms with Crippen LogP contribution in [-0.2, 0) is 56.1 Å². The van der Waals surface area contributed by atoms with Gasteiger partial charge in [-0.3, -0.25) is 23.0 Å². The van der Waals surface area contributed by atoms with E-state index in [1.54, 1.807) is 50.3 Å². The van der Waals surface area contributed by atoms with Gasteiger partial charge in [0.15, 0.2) is 10.6 Å². The van der Waals surface area contributed by atoms with Crippen LogP contribution < -0.4 is 4.90 Å². The molecule has 0 amide bonds. The highest BCUT2D eigenvalue weighted by atomic mass is 32.2. The molecule has 5 N–H and O–H groups in total. The Hall–Kier alpha value is -3.76. The molecule has 54 heavy (non-hydrogen) atoms. The Morgan fingerprint density at radius 2 is 1.37 bits per heavy atom. The topological polar surface area (TPSA) is 261 Å². The summed E-state index contributed by atoms with van der Waals surface area (Å²) in [6.07, 6.45) is 9.84. The fourth-order valence-corrected chi connectivity index (χ4v) is 9.20. The summed E-state index contributed by atoms with van der Waals surface area (Å²) in [4.78, 5) is 11.1. The summed E-state index contributed by atoms with van der Waals surface area (Å²) < 4.78 is 137. The van der Waals surface area contributed by atoms with E-state index >= 15 is 0 Å². The summed E-state index contributed by atoms with van der Waals surface area (Å²) in [5.41, 5.74) is 0.499. The van der Waals surface area contributed by atoms with E-state index in [2.05, 4.69) is 0 Å². The molecule has 0 spiro atoms. The van der Waals surface area contributed by atoms with Gasteiger partial charge in [-0.25, -0.2) is 0 Å². The lowest BCUT2D eigenvalue weighted by Crippen LogP contribution is -2.28. The van der Waals surface area contributed by atoms with Gasteiger partial charge in [-0.1, -0.05) is 38.5 Å². The van der Waals surface area contributed by atoms with Gasteiger partial charge >= 0.3 is 16.1 Å². The molecule has 296 valence electrons. The first-order valence-electron chi connectivity index (χ1n) is 16.6. The molecule has 0 saturated carbocycles. The quantitative estimate of drug-likeness (QED) is 0.0674. The summed E-state index contributed by atoms with van der Waals surface area (Å²) in [7, 11) is -18.9. The average molecular weight is 832 g/mol. The van der Waals surface area contributed by atoms with Gasteiger partial charge in [0.2, 0.25) is 5.69 Å². The highest BCUT2D eigenvalue weighted by Gasteiger charge is 2.48. The number of anilines is 1. The van der Waals surface area contributed by atoms with E-state index in [1.165, 1.54) is 16.7 Å². The van der Waals surface area contributed by atoms with Gasteiger partial charge in [0, 0.05) is 47.8 Å². The molecule has 20 heteroatoms. The van der Waals surface area contributed by atoms with E-state index in [-0.39, 0.29) is 35.5 Å². The second-order valence-electron chi connectivity index (χ2n) is 14.0. The summed E-state index contributed by atoms with van der Waals surface area (Å²) in [5.74, 6) is -1.58. The molecule has 0 fully saturated rings. The summed E-state index contributed by atoms with van der Waals surface area (Å²) in [6, 6.07) is 5.99. The molecular formula is C34H43N2O14S4+. The largest absolute Gasteiger partial charge is 0.481 e. The molecule has 2 aromatic rings. The molecule has 2 aromatic carbocycles. The molecule has 16 nitrogen and oxygen atoms in total. The highest BCUT2D eigenvalue weighted by Crippen LogP contribution is 2.49. The predicted octanol–water partition coefficient (Wildman–Crippen LogP) is 4.52. The van der Waals surface area contributed by atoms with Gasteiger partial charge in [0.25, 0.3) is 30.4 Å². The molecule has 4 rings (SSSR count). The number of nitrogens with zero attached hydrogens (tertiary/aromatic N) is 2. The normalized spacial score (nSPS) is 17.9. The van der Waals surface area contributed by atoms with Crippen LogP contribution in [0.4, 0.5) is 11.4 Å². The van der Waals surface area contributed by atoms with E-state index in [9.17, 15) is 56.7 Å². The number of fused-ring (bicyclic) bond motifs is 2. The maximum atomic E-state index is 12.5. The van der Waals surface area contributed by atoms with Crippen LogP contribution >= 0.6 is 0 Å². The fourth-order valence-electron chi connectivity index (χ4n) is 6.85. The van der Waals surface area contributed by atoms with Crippen LogP contribution in [0, 0.1) is 0 Å². The van der Waals surface area contributed by atoms with Crippen molar-refractivity contribution in [3.8, 4) is 0 Å². The number of benzene rings is 2. The third-order valence-corrected chi connectivity index (χ3v) is 12.8. The third kappa shape index (κ3) is 9.54. The van der Waals surface area contributed by atoms with Crippen molar-refractivity contribution in [3.05, 3.63) is 77.5 Å². The maximum absolute atomic E-state index is 12.5. The van der Waals surface area contributed by atoms with Crippen molar-refractivity contribution in [1.29, 1.82) is 0 Å². The zero-order valence-corrected chi connectivity index (χ0v) is 33.1. The first-order valence-corrected chi connectivity index (χ1v) is 22.5. The van der Waals surface area contributed by atoms with Gasteiger partial charge in [-0.05, 0) is 68.7 Å². The van der Waals surface area contributed by atoms with Gasteiger partial charge in [-0.15, -0.1) is 0 Å². The van der Waals surface area contributed by atoms with E-state index < -0.39 is 72.8 Å². The minimum Gasteiger partial charge on any atom is -0.481 e. The van der Waals surface area contributed by atoms with Crippen molar-refractivity contribution < 1.29 is 66.4 Å². The van der Waals surface area contributed by atoms with Crippen molar-refractivity contribution in [2.24, 2.45) is 0 Å². The fraction of sp³-hybridized carbons (Fsp3) is 0.412. The van der Waals surface area contributed by atoms with E-state index in [0.29, 0.717) is 48.8 Å². The van der Waals surface area contributed by atoms with Crippen molar-refractivity contribution in [3.63, 3.8) is 0 Å². The van der Waals surface area contributed by atoms with Crippen LogP contribution in [0.3, 0.4) is 0 Å². The Labute approximate surface area is 315 Å². The molecule has 0 radical (unpaired) electrons. The summed E-state index contributed by atoms with van der Waals surface area (Å²) >= 11 is 0. The Bertz CT molecular complexity index is 2430. The Morgan fingerprint density at radius 3 is 1.94 bits per heavy atom. The van der Waals surface area contributed by atoms with Gasteiger partial charge in [0.05, 0.1) is 21.0 Å². The Kier molecular flexibility index (Phi) is 12.3. The van der Waals surface area contributed by atoms with E-state index in [1.807, 2.05) is 18.7 Å². The molecule has 0 aromatic heterocycles. The Balaban J connectivity index is 1.78. The van der Waals surface area contributed by atoms with Crippen LogP contribution in [-0.4, -0.2) is 92.1 Å². The number of carbonyl (C=O) groups is 1. The molecule has 2 aliphatic heterocycles. The number of allylic oxidation sites excluding steroid dienone is 6. The van der Waals surface area contributed by atoms with Crippen molar-refractivity contribution in [2.75, 3.05) is 23.7 Å². The van der Waals surface area contributed by atoms with Gasteiger partial charge < -0.3 is 10.0 Å². The molecule has 0 unspecified atom stereocenters. The van der Waals surface area contributed by atoms with Gasteiger partial charge in [0.1, 0.15) is 6.54 Å². The first-order chi connectivity index (χ1) is 24.7. The second-order valence-corrected chi connectivity index (χ2v) is 19.8. The monoisotopic (exact) mass is 831 g/mol. The molecule has 0 atom stereocenters. The standard InChI is InChI=1S/C34H42N2O14S4/c1-33(2)25-20-23(52(42,43)44)15-16-27(25)35(17-10-6-9-14-31(37)38)29(33)12-7-5-8-13-30-34(3,4)26-21-24(53(45,46)47)22-28(54(48,49)50)32(26)36(30)18-11-19-51(39,40)41/h5,7-8,12-13,15-16,20-22H,6,9-11,14,17-19H2,1-4H3,(H4-,37,38,39,40,41,42,43,44,45,46,47,48,49,50)/p+1. The number of hydrogen-bond donors (Lipinski definition) is 5. The Morgan fingerprint density at radius 1 is 0.741 bits per heavy atom. The number of carboxylic acids is 1. The first kappa shape index (κ1) is 43.0. The number of hydrogen-bond acceptors (Lipinski definition) is 10. The summed E-state index contributed by atoms with van der Waals surface area (Å²) in [6.45, 7) is 7.32. The van der Waals surface area contributed by atoms with Crippen LogP contribution in [0.1, 0.15) is 70.9 Å². The second kappa shape index (κ2) is 15.4. The lowest BCUT2D eigenvalue weighted by Gasteiger charge is -2.27. The van der Waals surface area contributed by atoms with Crippen molar-refractivity contribution in [2.45, 2.75) is 85.3 Å². The minimum atomic E-state index is -5.10. The molecule has 2 heterocycles. The molecule has 2 aliphatic rings. The molecule has 0 aliphatic carbocycles. The number of aliphatic carboxylic acids is 1. The maximum Gasteiger partial charge on any atom is 0.303 e. The van der Waals surface area contributed by atoms with Crippen LogP contribution in [0.5, 0.6) is 0 Å². The zero-order chi connectivity index (χ0) is 40.7. The van der Waals surface area contributed by atoms with Crippen molar-refractivity contribution in [1.82, 2.24) is 0 Å². The van der Waals surface area contributed by atoms with Crippen LogP contribution in [0.2, 0.25) is 0 Å². The van der Waals surface area contributed by atoms with Gasteiger partial charge in [-0.2, -0.15) is 38.2 Å². The number of rotatable bonds is 16. The van der Waals surface area contributed by atoms with E-state index in [0.717, 1.165) is 11.8 Å². The molecular weight excluding hydrogens is 789 g/mol. The van der Waals surface area contributed by atoms with Crippen LogP contribution in [0.15, 0.2) is 81.1 Å². The third-order valence-electron chi connectivity index (χ3n) is 9.45. The molecule has 0 saturated heterocycles. The van der Waals surface area contributed by atoms with E-state index in [4.69, 9.17) is 5.11 Å². The SMILES string of the molecule is CC1(C)C(=CC=CC=CC2=[N+](CCCS(=O)(=O)O)c3c(cc(S(=O)(=O)O)cc3S(=O)(=O)O)C2(C)C)N(CCCCCC(=O)O)c2ccc(S(=O)(=O)O)cc21. The lowest BCUT2D eigenvalue weighted by molar-refractivity contribution is -0.440. The number of unbranched alkanes of at least 4 members (excludes halogenated alkanes) is 2. The predicted molar refractivity (Wildman–Crippen MR) is 199 cm³/mol. The average Bonchev–Trinajstić information content (AvgIpc) is 3.36. The highest BCUT2D eigenvalue weighted by molar-refractivity contribution is 7.87. The summed E-state index contributed by atoms with van der Waals surface area (Å²) in [5, 5.41) is 9.01. The van der Waals surface area contributed by atoms with Crippen LogP contribution in [0.25, 0.3) is 0 Å². The number of carboxylic acid groups (broad SMARTS) is 1. The molecule has 0 bridgehead atoms. The zero-order valence-electron chi connectivity index (χ0n) is 29.9. The lowest BCUT2D eigenvalue weighted by atomic mass is 9.81. The van der Waals surface area contributed by atoms with Crippen molar-refractivity contribution >= 4 is 63.5 Å². The smallest absolute Gasteiger partial charge is 0.303 e.